The number of rotatable bonds is 9. The molecule has 3 rings (SSSR count). The van der Waals surface area contributed by atoms with E-state index < -0.39 is 5.25 Å². The molecule has 1 unspecified atom stereocenters. The lowest BCUT2D eigenvalue weighted by Gasteiger charge is -2.17. The van der Waals surface area contributed by atoms with Crippen LogP contribution in [0.5, 0.6) is 0 Å². The molecule has 164 valence electrons. The number of hydrogen-bond acceptors (Lipinski definition) is 5. The van der Waals surface area contributed by atoms with Crippen LogP contribution < -0.4 is 10.9 Å². The quantitative estimate of drug-likeness (QED) is 0.299. The van der Waals surface area contributed by atoms with Gasteiger partial charge in [0.15, 0.2) is 5.16 Å². The van der Waals surface area contributed by atoms with Crippen LogP contribution in [0.4, 0.5) is 5.69 Å². The SMILES string of the molecule is Cc1ccc(NC(=O)C(C)Sc2nc3ccccc3c(=O)n2CCCOC(C)C)cc1. The zero-order valence-electron chi connectivity index (χ0n) is 18.4. The summed E-state index contributed by atoms with van der Waals surface area (Å²) in [5.41, 5.74) is 2.42. The summed E-state index contributed by atoms with van der Waals surface area (Å²) < 4.78 is 7.28. The zero-order chi connectivity index (χ0) is 22.4. The molecular weight excluding hydrogens is 410 g/mol. The number of amides is 1. The molecule has 6 nitrogen and oxygen atoms in total. The summed E-state index contributed by atoms with van der Waals surface area (Å²) >= 11 is 1.29. The van der Waals surface area contributed by atoms with Crippen molar-refractivity contribution < 1.29 is 9.53 Å². The molecule has 1 atom stereocenters. The van der Waals surface area contributed by atoms with Crippen LogP contribution in [0.15, 0.2) is 58.5 Å². The van der Waals surface area contributed by atoms with Crippen LogP contribution in [0.25, 0.3) is 10.9 Å². The Kier molecular flexibility index (Phi) is 7.87. The summed E-state index contributed by atoms with van der Waals surface area (Å²) in [6, 6.07) is 15.0. The Labute approximate surface area is 187 Å². The fourth-order valence-corrected chi connectivity index (χ4v) is 4.00. The molecule has 0 radical (unpaired) electrons. The number of anilines is 1. The van der Waals surface area contributed by atoms with Crippen molar-refractivity contribution in [3.63, 3.8) is 0 Å². The van der Waals surface area contributed by atoms with Gasteiger partial charge < -0.3 is 10.1 Å². The van der Waals surface area contributed by atoms with E-state index in [4.69, 9.17) is 9.72 Å². The van der Waals surface area contributed by atoms with Crippen molar-refractivity contribution in [1.82, 2.24) is 9.55 Å². The van der Waals surface area contributed by atoms with Gasteiger partial charge in [-0.15, -0.1) is 0 Å². The van der Waals surface area contributed by atoms with Crippen LogP contribution in [0.1, 0.15) is 32.8 Å². The molecule has 1 N–H and O–H groups in total. The van der Waals surface area contributed by atoms with Gasteiger partial charge in [0, 0.05) is 18.8 Å². The molecule has 0 aliphatic rings. The van der Waals surface area contributed by atoms with Gasteiger partial charge in [-0.05, 0) is 58.4 Å². The van der Waals surface area contributed by atoms with E-state index in [-0.39, 0.29) is 17.6 Å². The van der Waals surface area contributed by atoms with Crippen molar-refractivity contribution in [2.24, 2.45) is 0 Å². The molecule has 0 bridgehead atoms. The summed E-state index contributed by atoms with van der Waals surface area (Å²) in [5, 5.41) is 3.63. The fourth-order valence-electron chi connectivity index (χ4n) is 3.07. The van der Waals surface area contributed by atoms with Crippen LogP contribution in [0, 0.1) is 6.92 Å². The first-order chi connectivity index (χ1) is 14.8. The van der Waals surface area contributed by atoms with E-state index >= 15 is 0 Å². The van der Waals surface area contributed by atoms with Crippen LogP contribution in [0.2, 0.25) is 0 Å². The highest BCUT2D eigenvalue weighted by Crippen LogP contribution is 2.24. The number of aryl methyl sites for hydroxylation is 1. The average molecular weight is 440 g/mol. The number of carbonyl (C=O) groups excluding carboxylic acids is 1. The first-order valence-electron chi connectivity index (χ1n) is 10.5. The number of nitrogens with zero attached hydrogens (tertiary/aromatic N) is 2. The van der Waals surface area contributed by atoms with E-state index in [1.165, 1.54) is 11.8 Å². The number of fused-ring (bicyclic) bond motifs is 1. The molecule has 31 heavy (non-hydrogen) atoms. The summed E-state index contributed by atoms with van der Waals surface area (Å²) in [6.07, 6.45) is 0.834. The Morgan fingerprint density at radius 1 is 1.13 bits per heavy atom. The Morgan fingerprint density at radius 3 is 2.55 bits per heavy atom. The number of benzene rings is 2. The summed E-state index contributed by atoms with van der Waals surface area (Å²) in [7, 11) is 0. The van der Waals surface area contributed by atoms with Gasteiger partial charge >= 0.3 is 0 Å². The molecule has 7 heteroatoms. The maximum absolute atomic E-state index is 13.1. The van der Waals surface area contributed by atoms with E-state index in [0.717, 1.165) is 11.3 Å². The minimum Gasteiger partial charge on any atom is -0.379 e. The van der Waals surface area contributed by atoms with E-state index in [1.807, 2.05) is 70.2 Å². The van der Waals surface area contributed by atoms with Gasteiger partial charge in [0.1, 0.15) is 0 Å². The predicted molar refractivity (Wildman–Crippen MR) is 127 cm³/mol. The van der Waals surface area contributed by atoms with E-state index in [1.54, 1.807) is 10.6 Å². The molecular formula is C24H29N3O3S. The molecule has 0 aliphatic carbocycles. The summed E-state index contributed by atoms with van der Waals surface area (Å²) in [4.78, 5) is 30.5. The van der Waals surface area contributed by atoms with Crippen molar-refractivity contribution in [3.05, 3.63) is 64.4 Å². The lowest BCUT2D eigenvalue weighted by Crippen LogP contribution is -2.27. The molecule has 1 aromatic heterocycles. The molecule has 0 spiro atoms. The van der Waals surface area contributed by atoms with E-state index in [0.29, 0.717) is 35.6 Å². The zero-order valence-corrected chi connectivity index (χ0v) is 19.2. The second-order valence-corrected chi connectivity index (χ2v) is 9.06. The molecule has 3 aromatic rings. The topological polar surface area (TPSA) is 73.2 Å². The largest absolute Gasteiger partial charge is 0.379 e. The summed E-state index contributed by atoms with van der Waals surface area (Å²) in [6.45, 7) is 8.84. The number of para-hydroxylation sites is 1. The van der Waals surface area contributed by atoms with Crippen molar-refractivity contribution >= 4 is 34.3 Å². The summed E-state index contributed by atoms with van der Waals surface area (Å²) in [5.74, 6) is -0.133. The standard InChI is InChI=1S/C24H29N3O3S/c1-16(2)30-15-7-14-27-23(29)20-8-5-6-9-21(20)26-24(27)31-18(4)22(28)25-19-12-10-17(3)11-13-19/h5-6,8-13,16,18H,7,14-15H2,1-4H3,(H,25,28). The van der Waals surface area contributed by atoms with E-state index in [2.05, 4.69) is 5.32 Å². The smallest absolute Gasteiger partial charge is 0.262 e. The maximum atomic E-state index is 13.1. The number of thioether (sulfide) groups is 1. The van der Waals surface area contributed by atoms with Crippen LogP contribution in [0.3, 0.4) is 0 Å². The number of ether oxygens (including phenoxy) is 1. The lowest BCUT2D eigenvalue weighted by molar-refractivity contribution is -0.115. The molecule has 0 fully saturated rings. The third-order valence-corrected chi connectivity index (χ3v) is 5.86. The lowest BCUT2D eigenvalue weighted by atomic mass is 10.2. The van der Waals surface area contributed by atoms with Gasteiger partial charge in [0.05, 0.1) is 22.3 Å². The minimum absolute atomic E-state index is 0.0937. The number of carbonyl (C=O) groups is 1. The van der Waals surface area contributed by atoms with E-state index in [9.17, 15) is 9.59 Å². The van der Waals surface area contributed by atoms with Crippen LogP contribution in [-0.2, 0) is 16.1 Å². The van der Waals surface area contributed by atoms with Gasteiger partial charge in [-0.1, -0.05) is 41.6 Å². The van der Waals surface area contributed by atoms with Gasteiger partial charge in [0.25, 0.3) is 5.56 Å². The second kappa shape index (κ2) is 10.6. The van der Waals surface area contributed by atoms with Crippen molar-refractivity contribution in [3.8, 4) is 0 Å². The Hall–Kier alpha value is -2.64. The van der Waals surface area contributed by atoms with Gasteiger partial charge in [-0.3, -0.25) is 14.2 Å². The highest BCUT2D eigenvalue weighted by Gasteiger charge is 2.19. The Morgan fingerprint density at radius 2 is 1.84 bits per heavy atom. The number of hydrogen-bond donors (Lipinski definition) is 1. The molecule has 1 heterocycles. The predicted octanol–water partition coefficient (Wildman–Crippen LogP) is 4.64. The van der Waals surface area contributed by atoms with Gasteiger partial charge in [-0.25, -0.2) is 4.98 Å². The average Bonchev–Trinajstić information content (AvgIpc) is 2.74. The maximum Gasteiger partial charge on any atom is 0.262 e. The molecule has 0 saturated heterocycles. The fraction of sp³-hybridized carbons (Fsp3) is 0.375. The first kappa shape index (κ1) is 23.0. The van der Waals surface area contributed by atoms with Crippen molar-refractivity contribution in [2.45, 2.75) is 57.2 Å². The Bertz CT molecular complexity index is 1090. The Balaban J connectivity index is 1.81. The minimum atomic E-state index is -0.424. The first-order valence-corrected chi connectivity index (χ1v) is 11.4. The highest BCUT2D eigenvalue weighted by molar-refractivity contribution is 8.00. The third-order valence-electron chi connectivity index (χ3n) is 4.77. The monoisotopic (exact) mass is 439 g/mol. The normalized spacial score (nSPS) is 12.3. The second-order valence-electron chi connectivity index (χ2n) is 7.76. The molecule has 0 aliphatic heterocycles. The van der Waals surface area contributed by atoms with Crippen molar-refractivity contribution in [1.29, 1.82) is 0 Å². The van der Waals surface area contributed by atoms with Gasteiger partial charge in [-0.2, -0.15) is 0 Å². The van der Waals surface area contributed by atoms with Gasteiger partial charge in [0.2, 0.25) is 5.91 Å². The van der Waals surface area contributed by atoms with Crippen molar-refractivity contribution in [2.75, 3.05) is 11.9 Å². The molecule has 0 saturated carbocycles. The van der Waals surface area contributed by atoms with Crippen LogP contribution >= 0.6 is 11.8 Å². The van der Waals surface area contributed by atoms with Crippen LogP contribution in [-0.4, -0.2) is 33.4 Å². The molecule has 1 amide bonds. The third kappa shape index (κ3) is 6.18. The highest BCUT2D eigenvalue weighted by atomic mass is 32.2. The number of aromatic nitrogens is 2. The number of nitrogens with one attached hydrogen (secondary N) is 1. The molecule has 2 aromatic carbocycles.